The van der Waals surface area contributed by atoms with Crippen molar-refractivity contribution in [1.82, 2.24) is 24.6 Å². The Kier molecular flexibility index (Phi) is 5.16. The maximum Gasteiger partial charge on any atom is 0.220 e. The van der Waals surface area contributed by atoms with Crippen LogP contribution in [-0.4, -0.2) is 31.8 Å². The quantitative estimate of drug-likeness (QED) is 0.719. The highest BCUT2D eigenvalue weighted by Crippen LogP contribution is 2.25. The number of carbonyl (C=O) groups is 1. The smallest absolute Gasteiger partial charge is 0.220 e. The van der Waals surface area contributed by atoms with Crippen LogP contribution in [-0.2, 0) is 11.3 Å². The van der Waals surface area contributed by atoms with E-state index < -0.39 is 0 Å². The number of nitrogens with zero attached hydrogens (tertiary/aromatic N) is 4. The van der Waals surface area contributed by atoms with Gasteiger partial charge in [0.1, 0.15) is 0 Å². The van der Waals surface area contributed by atoms with Crippen molar-refractivity contribution >= 4 is 16.9 Å². The Morgan fingerprint density at radius 1 is 1.24 bits per heavy atom. The van der Waals surface area contributed by atoms with E-state index >= 15 is 0 Å². The molecule has 1 N–H and O–H groups in total. The molecular formula is C19H25N5O. The summed E-state index contributed by atoms with van der Waals surface area (Å²) in [6, 6.07) is 6.05. The number of amides is 1. The molecule has 0 saturated heterocycles. The molecule has 3 rings (SSSR count). The molecule has 25 heavy (non-hydrogen) atoms. The Bertz CT molecular complexity index is 864. The predicted molar refractivity (Wildman–Crippen MR) is 98.9 cm³/mol. The lowest BCUT2D eigenvalue weighted by Gasteiger charge is -2.05. The molecular weight excluding hydrogens is 314 g/mol. The highest BCUT2D eigenvalue weighted by Gasteiger charge is 2.16. The Labute approximate surface area is 147 Å². The number of aryl methyl sites for hydroxylation is 3. The fraction of sp³-hybridized carbons (Fsp3) is 0.421. The maximum absolute atomic E-state index is 11.8. The van der Waals surface area contributed by atoms with E-state index in [0.717, 1.165) is 47.5 Å². The van der Waals surface area contributed by atoms with Crippen molar-refractivity contribution in [1.29, 1.82) is 0 Å². The number of pyridine rings is 1. The second kappa shape index (κ2) is 7.51. The molecule has 6 heteroatoms. The van der Waals surface area contributed by atoms with Crippen LogP contribution < -0.4 is 5.32 Å². The second-order valence-electron chi connectivity index (χ2n) is 6.37. The molecule has 1 amide bonds. The first-order valence-electron chi connectivity index (χ1n) is 8.85. The van der Waals surface area contributed by atoms with E-state index in [1.807, 2.05) is 40.7 Å². The molecule has 6 nitrogen and oxygen atoms in total. The summed E-state index contributed by atoms with van der Waals surface area (Å²) in [5.74, 6) is 0.990. The van der Waals surface area contributed by atoms with Gasteiger partial charge in [-0.3, -0.25) is 4.79 Å². The average molecular weight is 339 g/mol. The van der Waals surface area contributed by atoms with Crippen molar-refractivity contribution in [2.75, 3.05) is 6.54 Å². The first-order chi connectivity index (χ1) is 12.1. The SMILES string of the molecule is CCCNC(=O)CCCn1nc(-n2cccc2)c2c(C)cc(C)nc21. The third kappa shape index (κ3) is 3.73. The van der Waals surface area contributed by atoms with Crippen LogP contribution in [0.1, 0.15) is 37.4 Å². The minimum Gasteiger partial charge on any atom is -0.356 e. The largest absolute Gasteiger partial charge is 0.356 e. The van der Waals surface area contributed by atoms with E-state index in [-0.39, 0.29) is 5.91 Å². The van der Waals surface area contributed by atoms with Crippen LogP contribution in [0.4, 0.5) is 0 Å². The molecule has 0 aliphatic rings. The Morgan fingerprint density at radius 2 is 2.00 bits per heavy atom. The van der Waals surface area contributed by atoms with Crippen LogP contribution in [0.25, 0.3) is 16.9 Å². The molecule has 132 valence electrons. The van der Waals surface area contributed by atoms with E-state index in [0.29, 0.717) is 13.0 Å². The Morgan fingerprint density at radius 3 is 2.72 bits per heavy atom. The summed E-state index contributed by atoms with van der Waals surface area (Å²) in [5, 5.41) is 8.76. The molecule has 0 aliphatic heterocycles. The van der Waals surface area contributed by atoms with Crippen LogP contribution >= 0.6 is 0 Å². The van der Waals surface area contributed by atoms with Gasteiger partial charge in [0.05, 0.1) is 5.39 Å². The van der Waals surface area contributed by atoms with Gasteiger partial charge in [0.2, 0.25) is 5.91 Å². The van der Waals surface area contributed by atoms with Crippen LogP contribution in [0.2, 0.25) is 0 Å². The van der Waals surface area contributed by atoms with Crippen LogP contribution in [0, 0.1) is 13.8 Å². The summed E-state index contributed by atoms with van der Waals surface area (Å²) in [6.07, 6.45) is 6.18. The number of nitrogens with one attached hydrogen (secondary N) is 1. The van der Waals surface area contributed by atoms with Gasteiger partial charge in [-0.25, -0.2) is 9.67 Å². The molecule has 0 bridgehead atoms. The van der Waals surface area contributed by atoms with Crippen molar-refractivity contribution in [3.63, 3.8) is 0 Å². The Hall–Kier alpha value is -2.63. The van der Waals surface area contributed by atoms with Gasteiger partial charge >= 0.3 is 0 Å². The van der Waals surface area contributed by atoms with E-state index in [2.05, 4.69) is 25.2 Å². The maximum atomic E-state index is 11.8. The van der Waals surface area contributed by atoms with Gasteiger partial charge in [0.25, 0.3) is 0 Å². The predicted octanol–water partition coefficient (Wildman–Crippen LogP) is 3.15. The van der Waals surface area contributed by atoms with Crippen LogP contribution in [0.3, 0.4) is 0 Å². The van der Waals surface area contributed by atoms with E-state index in [1.54, 1.807) is 0 Å². The van der Waals surface area contributed by atoms with Crippen molar-refractivity contribution in [2.45, 2.75) is 46.6 Å². The van der Waals surface area contributed by atoms with Gasteiger partial charge in [-0.05, 0) is 50.5 Å². The van der Waals surface area contributed by atoms with Crippen LogP contribution in [0.15, 0.2) is 30.6 Å². The van der Waals surface area contributed by atoms with Gasteiger partial charge < -0.3 is 9.88 Å². The van der Waals surface area contributed by atoms with Crippen molar-refractivity contribution in [2.24, 2.45) is 0 Å². The fourth-order valence-corrected chi connectivity index (χ4v) is 3.05. The molecule has 3 heterocycles. The van der Waals surface area contributed by atoms with Crippen LogP contribution in [0.5, 0.6) is 0 Å². The number of hydrogen-bond acceptors (Lipinski definition) is 3. The number of aromatic nitrogens is 4. The van der Waals surface area contributed by atoms with Crippen molar-refractivity contribution in [3.8, 4) is 5.82 Å². The monoisotopic (exact) mass is 339 g/mol. The second-order valence-corrected chi connectivity index (χ2v) is 6.37. The van der Waals surface area contributed by atoms with E-state index in [1.165, 1.54) is 0 Å². The molecule has 0 unspecified atom stereocenters. The van der Waals surface area contributed by atoms with Gasteiger partial charge in [0.15, 0.2) is 11.5 Å². The Balaban J connectivity index is 1.87. The molecule has 0 aliphatic carbocycles. The standard InChI is InChI=1S/C19H25N5O/c1-4-9-20-16(25)8-7-12-24-18-17(14(2)13-15(3)21-18)19(22-24)23-10-5-6-11-23/h5-6,10-11,13H,4,7-9,12H2,1-3H3,(H,20,25). The topological polar surface area (TPSA) is 64.7 Å². The highest BCUT2D eigenvalue weighted by atomic mass is 16.1. The van der Waals surface area contributed by atoms with E-state index in [4.69, 9.17) is 10.1 Å². The zero-order chi connectivity index (χ0) is 17.8. The zero-order valence-corrected chi connectivity index (χ0v) is 15.1. The average Bonchev–Trinajstić information content (AvgIpc) is 3.21. The summed E-state index contributed by atoms with van der Waals surface area (Å²) in [5.41, 5.74) is 3.03. The number of fused-ring (bicyclic) bond motifs is 1. The summed E-state index contributed by atoms with van der Waals surface area (Å²) >= 11 is 0. The number of carbonyl (C=O) groups excluding carboxylic acids is 1. The fourth-order valence-electron chi connectivity index (χ4n) is 3.05. The van der Waals surface area contributed by atoms with Gasteiger partial charge in [-0.15, -0.1) is 0 Å². The molecule has 0 radical (unpaired) electrons. The first-order valence-corrected chi connectivity index (χ1v) is 8.85. The third-order valence-electron chi connectivity index (χ3n) is 4.20. The minimum absolute atomic E-state index is 0.101. The molecule has 3 aromatic heterocycles. The molecule has 0 spiro atoms. The van der Waals surface area contributed by atoms with Gasteiger partial charge in [-0.2, -0.15) is 5.10 Å². The number of hydrogen-bond donors (Lipinski definition) is 1. The summed E-state index contributed by atoms with van der Waals surface area (Å²) in [4.78, 5) is 16.5. The highest BCUT2D eigenvalue weighted by molar-refractivity contribution is 5.87. The summed E-state index contributed by atoms with van der Waals surface area (Å²) < 4.78 is 3.94. The molecule has 0 saturated carbocycles. The van der Waals surface area contributed by atoms with E-state index in [9.17, 15) is 4.79 Å². The van der Waals surface area contributed by atoms with Gasteiger partial charge in [-0.1, -0.05) is 6.92 Å². The lowest BCUT2D eigenvalue weighted by Crippen LogP contribution is -2.24. The first kappa shape index (κ1) is 17.2. The normalized spacial score (nSPS) is 11.2. The molecule has 0 fully saturated rings. The van der Waals surface area contributed by atoms with Gasteiger partial charge in [0, 0.05) is 37.6 Å². The number of rotatable bonds is 7. The third-order valence-corrected chi connectivity index (χ3v) is 4.20. The zero-order valence-electron chi connectivity index (χ0n) is 15.1. The lowest BCUT2D eigenvalue weighted by molar-refractivity contribution is -0.121. The minimum atomic E-state index is 0.101. The lowest BCUT2D eigenvalue weighted by atomic mass is 10.2. The summed E-state index contributed by atoms with van der Waals surface area (Å²) in [6.45, 7) is 7.55. The van der Waals surface area contributed by atoms with Crippen molar-refractivity contribution in [3.05, 3.63) is 41.9 Å². The molecule has 0 aromatic carbocycles. The molecule has 0 atom stereocenters. The summed E-state index contributed by atoms with van der Waals surface area (Å²) in [7, 11) is 0. The van der Waals surface area contributed by atoms with Crippen molar-refractivity contribution < 1.29 is 4.79 Å². The molecule has 3 aromatic rings.